The van der Waals surface area contributed by atoms with Crippen LogP contribution in [0, 0.1) is 0 Å². The fourth-order valence-electron chi connectivity index (χ4n) is 1.80. The Kier molecular flexibility index (Phi) is 3.98. The van der Waals surface area contributed by atoms with E-state index in [9.17, 15) is 8.42 Å². The van der Waals surface area contributed by atoms with Crippen molar-refractivity contribution in [2.45, 2.75) is 23.9 Å². The third-order valence-electron chi connectivity index (χ3n) is 2.60. The molecule has 0 unspecified atom stereocenters. The van der Waals surface area contributed by atoms with E-state index >= 15 is 0 Å². The number of aromatic nitrogens is 1. The summed E-state index contributed by atoms with van der Waals surface area (Å²) in [5.41, 5.74) is 0. The van der Waals surface area contributed by atoms with Gasteiger partial charge in [0.2, 0.25) is 0 Å². The van der Waals surface area contributed by atoms with Gasteiger partial charge in [-0.2, -0.15) is 0 Å². The van der Waals surface area contributed by atoms with Gasteiger partial charge < -0.3 is 5.32 Å². The number of nitrogens with one attached hydrogen (secondary N) is 2. The van der Waals surface area contributed by atoms with Crippen molar-refractivity contribution in [2.75, 3.05) is 13.1 Å². The first kappa shape index (κ1) is 12.8. The van der Waals surface area contributed by atoms with Gasteiger partial charge >= 0.3 is 0 Å². The molecule has 0 saturated carbocycles. The van der Waals surface area contributed by atoms with Crippen molar-refractivity contribution in [3.63, 3.8) is 0 Å². The summed E-state index contributed by atoms with van der Waals surface area (Å²) in [5, 5.41) is 3.18. The summed E-state index contributed by atoms with van der Waals surface area (Å²) >= 11 is 5.83. The molecule has 7 heteroatoms. The van der Waals surface area contributed by atoms with Gasteiger partial charge in [0.05, 0.1) is 5.02 Å². The normalized spacial score (nSPS) is 21.4. The van der Waals surface area contributed by atoms with Crippen LogP contribution in [0.4, 0.5) is 0 Å². The SMILES string of the molecule is O=S(=O)(N[C@@H]1CCCNC1)c1ncccc1Cl. The van der Waals surface area contributed by atoms with Gasteiger partial charge in [-0.25, -0.2) is 18.1 Å². The maximum Gasteiger partial charge on any atom is 0.259 e. The quantitative estimate of drug-likeness (QED) is 0.855. The van der Waals surface area contributed by atoms with Gasteiger partial charge in [0.1, 0.15) is 0 Å². The van der Waals surface area contributed by atoms with Crippen molar-refractivity contribution in [3.8, 4) is 0 Å². The summed E-state index contributed by atoms with van der Waals surface area (Å²) in [6.45, 7) is 1.58. The van der Waals surface area contributed by atoms with Crippen LogP contribution in [-0.4, -0.2) is 32.5 Å². The Bertz CT molecular complexity index is 486. The number of hydrogen-bond acceptors (Lipinski definition) is 4. The van der Waals surface area contributed by atoms with Crippen molar-refractivity contribution < 1.29 is 8.42 Å². The molecule has 1 aromatic heterocycles. The van der Waals surface area contributed by atoms with Crippen LogP contribution in [-0.2, 0) is 10.0 Å². The van der Waals surface area contributed by atoms with E-state index in [2.05, 4.69) is 15.0 Å². The molecule has 0 amide bonds. The average Bonchev–Trinajstić information content (AvgIpc) is 2.30. The summed E-state index contributed by atoms with van der Waals surface area (Å²) < 4.78 is 26.7. The summed E-state index contributed by atoms with van der Waals surface area (Å²) in [4.78, 5) is 3.81. The van der Waals surface area contributed by atoms with E-state index in [0.29, 0.717) is 6.54 Å². The van der Waals surface area contributed by atoms with E-state index in [0.717, 1.165) is 19.4 Å². The molecule has 0 bridgehead atoms. The van der Waals surface area contributed by atoms with E-state index in [1.165, 1.54) is 12.3 Å². The second-order valence-electron chi connectivity index (χ2n) is 3.95. The van der Waals surface area contributed by atoms with Crippen LogP contribution in [0.5, 0.6) is 0 Å². The fourth-order valence-corrected chi connectivity index (χ4v) is 3.50. The van der Waals surface area contributed by atoms with Crippen LogP contribution in [0.1, 0.15) is 12.8 Å². The number of rotatable bonds is 3. The van der Waals surface area contributed by atoms with Gasteiger partial charge in [-0.05, 0) is 31.5 Å². The van der Waals surface area contributed by atoms with Gasteiger partial charge in [-0.1, -0.05) is 11.6 Å². The molecule has 2 heterocycles. The van der Waals surface area contributed by atoms with Gasteiger partial charge in [0.25, 0.3) is 10.0 Å². The first-order valence-electron chi connectivity index (χ1n) is 5.43. The number of nitrogens with zero attached hydrogens (tertiary/aromatic N) is 1. The lowest BCUT2D eigenvalue weighted by molar-refractivity contribution is 0.428. The van der Waals surface area contributed by atoms with Crippen molar-refractivity contribution in [1.29, 1.82) is 0 Å². The van der Waals surface area contributed by atoms with Crippen LogP contribution in [0.25, 0.3) is 0 Å². The van der Waals surface area contributed by atoms with E-state index < -0.39 is 10.0 Å². The van der Waals surface area contributed by atoms with Gasteiger partial charge in [-0.15, -0.1) is 0 Å². The van der Waals surface area contributed by atoms with E-state index in [1.807, 2.05) is 0 Å². The fraction of sp³-hybridized carbons (Fsp3) is 0.500. The summed E-state index contributed by atoms with van der Waals surface area (Å²) in [6, 6.07) is 3.03. The van der Waals surface area contributed by atoms with Gasteiger partial charge in [-0.3, -0.25) is 0 Å². The second kappa shape index (κ2) is 5.30. The molecule has 1 saturated heterocycles. The van der Waals surface area contributed by atoms with Crippen LogP contribution in [0.2, 0.25) is 5.02 Å². The Hall–Kier alpha value is -0.690. The lowest BCUT2D eigenvalue weighted by Crippen LogP contribution is -2.45. The molecule has 1 aliphatic heterocycles. The van der Waals surface area contributed by atoms with Crippen LogP contribution in [0.3, 0.4) is 0 Å². The maximum absolute atomic E-state index is 12.0. The van der Waals surface area contributed by atoms with Crippen molar-refractivity contribution in [2.24, 2.45) is 0 Å². The van der Waals surface area contributed by atoms with Crippen LogP contribution < -0.4 is 10.0 Å². The first-order chi connectivity index (χ1) is 8.09. The zero-order valence-corrected chi connectivity index (χ0v) is 10.8. The molecule has 0 aliphatic carbocycles. The third kappa shape index (κ3) is 3.16. The largest absolute Gasteiger partial charge is 0.315 e. The topological polar surface area (TPSA) is 71.1 Å². The smallest absolute Gasteiger partial charge is 0.259 e. The maximum atomic E-state index is 12.0. The molecule has 5 nitrogen and oxygen atoms in total. The zero-order chi connectivity index (χ0) is 12.3. The zero-order valence-electron chi connectivity index (χ0n) is 9.19. The van der Waals surface area contributed by atoms with Crippen molar-refractivity contribution in [3.05, 3.63) is 23.4 Å². The Balaban J connectivity index is 2.16. The monoisotopic (exact) mass is 275 g/mol. The molecule has 0 radical (unpaired) electrons. The molecule has 1 aromatic rings. The lowest BCUT2D eigenvalue weighted by atomic mass is 10.1. The number of hydrogen-bond donors (Lipinski definition) is 2. The Morgan fingerprint density at radius 3 is 3.00 bits per heavy atom. The number of pyridine rings is 1. The Labute approximate surface area is 106 Å². The second-order valence-corrected chi connectivity index (χ2v) is 5.99. The minimum absolute atomic E-state index is 0.0909. The molecule has 2 rings (SSSR count). The highest BCUT2D eigenvalue weighted by molar-refractivity contribution is 7.89. The molecule has 0 aromatic carbocycles. The van der Waals surface area contributed by atoms with Crippen molar-refractivity contribution in [1.82, 2.24) is 15.0 Å². The Morgan fingerprint density at radius 2 is 2.35 bits per heavy atom. The highest BCUT2D eigenvalue weighted by atomic mass is 35.5. The minimum atomic E-state index is -3.62. The molecule has 94 valence electrons. The number of piperidine rings is 1. The molecule has 1 aliphatic rings. The first-order valence-corrected chi connectivity index (χ1v) is 7.29. The third-order valence-corrected chi connectivity index (χ3v) is 4.49. The number of sulfonamides is 1. The van der Waals surface area contributed by atoms with Crippen LogP contribution in [0.15, 0.2) is 23.4 Å². The Morgan fingerprint density at radius 1 is 1.53 bits per heavy atom. The summed E-state index contributed by atoms with van der Waals surface area (Å²) in [6.07, 6.45) is 3.21. The van der Waals surface area contributed by atoms with E-state index in [-0.39, 0.29) is 16.1 Å². The predicted molar refractivity (Wildman–Crippen MR) is 65.5 cm³/mol. The molecule has 2 N–H and O–H groups in total. The lowest BCUT2D eigenvalue weighted by Gasteiger charge is -2.23. The molecule has 17 heavy (non-hydrogen) atoms. The molecule has 1 fully saturated rings. The summed E-state index contributed by atoms with van der Waals surface area (Å²) in [7, 11) is -3.62. The summed E-state index contributed by atoms with van der Waals surface area (Å²) in [5.74, 6) is 0. The average molecular weight is 276 g/mol. The molecular formula is C10H14ClN3O2S. The molecule has 0 spiro atoms. The van der Waals surface area contributed by atoms with Crippen molar-refractivity contribution >= 4 is 21.6 Å². The van der Waals surface area contributed by atoms with E-state index in [4.69, 9.17) is 11.6 Å². The van der Waals surface area contributed by atoms with E-state index in [1.54, 1.807) is 6.07 Å². The molecule has 1 atom stereocenters. The van der Waals surface area contributed by atoms with Gasteiger partial charge in [0.15, 0.2) is 5.03 Å². The minimum Gasteiger partial charge on any atom is -0.315 e. The molecular weight excluding hydrogens is 262 g/mol. The highest BCUT2D eigenvalue weighted by Gasteiger charge is 2.24. The number of halogens is 1. The van der Waals surface area contributed by atoms with Crippen LogP contribution >= 0.6 is 11.6 Å². The standard InChI is InChI=1S/C10H14ClN3O2S/c11-9-4-2-6-13-10(9)17(15,16)14-8-3-1-5-12-7-8/h2,4,6,8,12,14H,1,3,5,7H2/t8-/m1/s1. The highest BCUT2D eigenvalue weighted by Crippen LogP contribution is 2.18. The predicted octanol–water partition coefficient (Wildman–Crippen LogP) is 0.765. The van der Waals surface area contributed by atoms with Gasteiger partial charge in [0, 0.05) is 18.8 Å².